The van der Waals surface area contributed by atoms with Gasteiger partial charge in [-0.05, 0) is 12.1 Å². The lowest BCUT2D eigenvalue weighted by Gasteiger charge is -2.07. The van der Waals surface area contributed by atoms with E-state index in [0.717, 1.165) is 0 Å². The van der Waals surface area contributed by atoms with Crippen molar-refractivity contribution in [1.29, 1.82) is 0 Å². The zero-order valence-electron chi connectivity index (χ0n) is 11.0. The third kappa shape index (κ3) is 3.16. The van der Waals surface area contributed by atoms with E-state index in [1.807, 2.05) is 0 Å². The molecular weight excluding hydrogens is 280 g/mol. The number of rotatable bonds is 4. The van der Waals surface area contributed by atoms with Crippen molar-refractivity contribution >= 4 is 29.0 Å². The largest absolute Gasteiger partial charge is 0.481 e. The van der Waals surface area contributed by atoms with Crippen molar-refractivity contribution in [3.05, 3.63) is 41.2 Å². The van der Waals surface area contributed by atoms with E-state index in [1.54, 1.807) is 25.2 Å². The standard InChI is InChI=1S/C13H13ClN4O2/c1-15-12-10(14)5-8(6-17-12)13(19)18-9-3-4-11(20-2)16-7-9/h3-7H,1-2H3,(H,15,17)(H,18,19). The first-order valence-corrected chi connectivity index (χ1v) is 6.16. The van der Waals surface area contributed by atoms with E-state index in [2.05, 4.69) is 20.6 Å². The van der Waals surface area contributed by atoms with Gasteiger partial charge in [0.15, 0.2) is 0 Å². The predicted molar refractivity (Wildman–Crippen MR) is 77.5 cm³/mol. The molecule has 0 aliphatic rings. The topological polar surface area (TPSA) is 76.1 Å². The van der Waals surface area contributed by atoms with E-state index < -0.39 is 0 Å². The van der Waals surface area contributed by atoms with Crippen LogP contribution in [0.4, 0.5) is 11.5 Å². The molecule has 0 atom stereocenters. The molecule has 2 aromatic rings. The molecule has 7 heteroatoms. The number of nitrogens with zero attached hydrogens (tertiary/aromatic N) is 2. The summed E-state index contributed by atoms with van der Waals surface area (Å²) in [5.74, 6) is 0.689. The highest BCUT2D eigenvalue weighted by molar-refractivity contribution is 6.33. The van der Waals surface area contributed by atoms with Crippen molar-refractivity contribution in [1.82, 2.24) is 9.97 Å². The van der Waals surface area contributed by atoms with E-state index in [9.17, 15) is 4.79 Å². The van der Waals surface area contributed by atoms with Gasteiger partial charge in [-0.3, -0.25) is 4.79 Å². The van der Waals surface area contributed by atoms with Crippen LogP contribution < -0.4 is 15.4 Å². The van der Waals surface area contributed by atoms with Crippen LogP contribution in [0.3, 0.4) is 0 Å². The summed E-state index contributed by atoms with van der Waals surface area (Å²) >= 11 is 5.98. The molecule has 0 fully saturated rings. The fourth-order valence-electron chi connectivity index (χ4n) is 1.52. The molecule has 6 nitrogen and oxygen atoms in total. The van der Waals surface area contributed by atoms with Crippen LogP contribution in [0.25, 0.3) is 0 Å². The maximum atomic E-state index is 12.0. The highest BCUT2D eigenvalue weighted by Gasteiger charge is 2.10. The molecule has 0 aliphatic carbocycles. The van der Waals surface area contributed by atoms with E-state index in [0.29, 0.717) is 28.0 Å². The number of halogens is 1. The second-order valence-electron chi connectivity index (χ2n) is 3.85. The van der Waals surface area contributed by atoms with Gasteiger partial charge in [0.25, 0.3) is 5.91 Å². The molecule has 0 saturated carbocycles. The van der Waals surface area contributed by atoms with Crippen LogP contribution in [0, 0.1) is 0 Å². The Balaban J connectivity index is 2.12. The van der Waals surface area contributed by atoms with Crippen LogP contribution in [0.2, 0.25) is 5.02 Å². The van der Waals surface area contributed by atoms with Crippen LogP contribution >= 0.6 is 11.6 Å². The van der Waals surface area contributed by atoms with Gasteiger partial charge in [-0.25, -0.2) is 9.97 Å². The molecule has 0 unspecified atom stereocenters. The van der Waals surface area contributed by atoms with Crippen molar-refractivity contribution in [3.63, 3.8) is 0 Å². The summed E-state index contributed by atoms with van der Waals surface area (Å²) in [5, 5.41) is 5.91. The lowest BCUT2D eigenvalue weighted by Crippen LogP contribution is -2.12. The Bertz CT molecular complexity index is 616. The third-order valence-electron chi connectivity index (χ3n) is 2.54. The Morgan fingerprint density at radius 3 is 2.65 bits per heavy atom. The predicted octanol–water partition coefficient (Wildman–Crippen LogP) is 2.43. The van der Waals surface area contributed by atoms with Gasteiger partial charge in [0, 0.05) is 19.3 Å². The Kier molecular flexibility index (Phi) is 4.37. The highest BCUT2D eigenvalue weighted by Crippen LogP contribution is 2.20. The Morgan fingerprint density at radius 2 is 2.10 bits per heavy atom. The summed E-state index contributed by atoms with van der Waals surface area (Å²) in [6.07, 6.45) is 2.96. The first kappa shape index (κ1) is 14.1. The van der Waals surface area contributed by atoms with Crippen LogP contribution in [0.5, 0.6) is 5.88 Å². The number of amides is 1. The summed E-state index contributed by atoms with van der Waals surface area (Å²) < 4.78 is 4.94. The van der Waals surface area contributed by atoms with E-state index >= 15 is 0 Å². The molecular formula is C13H13ClN4O2. The van der Waals surface area contributed by atoms with Crippen LogP contribution in [0.1, 0.15) is 10.4 Å². The van der Waals surface area contributed by atoms with Crippen molar-refractivity contribution < 1.29 is 9.53 Å². The molecule has 0 radical (unpaired) electrons. The number of carbonyl (C=O) groups excluding carboxylic acids is 1. The number of hydrogen-bond donors (Lipinski definition) is 2. The average Bonchev–Trinajstić information content (AvgIpc) is 2.48. The quantitative estimate of drug-likeness (QED) is 0.905. The number of pyridine rings is 2. The van der Waals surface area contributed by atoms with Crippen LogP contribution in [0.15, 0.2) is 30.6 Å². The lowest BCUT2D eigenvalue weighted by molar-refractivity contribution is 0.102. The van der Waals surface area contributed by atoms with E-state index in [4.69, 9.17) is 16.3 Å². The van der Waals surface area contributed by atoms with Gasteiger partial charge in [0.1, 0.15) is 5.82 Å². The van der Waals surface area contributed by atoms with Crippen molar-refractivity contribution in [2.45, 2.75) is 0 Å². The zero-order chi connectivity index (χ0) is 14.5. The lowest BCUT2D eigenvalue weighted by atomic mass is 10.2. The zero-order valence-corrected chi connectivity index (χ0v) is 11.7. The molecule has 0 aromatic carbocycles. The Morgan fingerprint density at radius 1 is 1.30 bits per heavy atom. The molecule has 1 amide bonds. The van der Waals surface area contributed by atoms with Gasteiger partial charge in [-0.1, -0.05) is 11.6 Å². The molecule has 2 N–H and O–H groups in total. The van der Waals surface area contributed by atoms with Crippen molar-refractivity contribution in [3.8, 4) is 5.88 Å². The Hall–Kier alpha value is -2.34. The number of ether oxygens (including phenoxy) is 1. The van der Waals surface area contributed by atoms with Crippen molar-refractivity contribution in [2.75, 3.05) is 24.8 Å². The third-order valence-corrected chi connectivity index (χ3v) is 2.83. The number of aromatic nitrogens is 2. The second kappa shape index (κ2) is 6.21. The van der Waals surface area contributed by atoms with Crippen LogP contribution in [-0.4, -0.2) is 30.0 Å². The first-order chi connectivity index (χ1) is 9.63. The van der Waals surface area contributed by atoms with Gasteiger partial charge in [0.05, 0.1) is 29.6 Å². The summed E-state index contributed by atoms with van der Waals surface area (Å²) in [5.41, 5.74) is 0.925. The highest BCUT2D eigenvalue weighted by atomic mass is 35.5. The number of anilines is 2. The Labute approximate surface area is 121 Å². The maximum absolute atomic E-state index is 12.0. The molecule has 104 valence electrons. The summed E-state index contributed by atoms with van der Waals surface area (Å²) in [7, 11) is 3.23. The fraction of sp³-hybridized carbons (Fsp3) is 0.154. The van der Waals surface area contributed by atoms with E-state index in [1.165, 1.54) is 19.5 Å². The van der Waals surface area contributed by atoms with Gasteiger partial charge in [0.2, 0.25) is 5.88 Å². The second-order valence-corrected chi connectivity index (χ2v) is 4.25. The summed E-state index contributed by atoms with van der Waals surface area (Å²) in [4.78, 5) is 20.1. The molecule has 0 saturated heterocycles. The molecule has 2 rings (SSSR count). The average molecular weight is 293 g/mol. The number of methoxy groups -OCH3 is 1. The minimum atomic E-state index is -0.311. The van der Waals surface area contributed by atoms with Crippen LogP contribution in [-0.2, 0) is 0 Å². The first-order valence-electron chi connectivity index (χ1n) is 5.78. The minimum Gasteiger partial charge on any atom is -0.481 e. The fourth-order valence-corrected chi connectivity index (χ4v) is 1.79. The normalized spacial score (nSPS) is 9.95. The summed E-state index contributed by atoms with van der Waals surface area (Å²) in [6, 6.07) is 4.90. The summed E-state index contributed by atoms with van der Waals surface area (Å²) in [6.45, 7) is 0. The number of nitrogens with one attached hydrogen (secondary N) is 2. The number of carbonyl (C=O) groups is 1. The van der Waals surface area contributed by atoms with Gasteiger partial charge in [-0.15, -0.1) is 0 Å². The smallest absolute Gasteiger partial charge is 0.257 e. The van der Waals surface area contributed by atoms with Gasteiger partial charge in [-0.2, -0.15) is 0 Å². The molecule has 2 heterocycles. The molecule has 0 aliphatic heterocycles. The molecule has 20 heavy (non-hydrogen) atoms. The minimum absolute atomic E-state index is 0.311. The maximum Gasteiger partial charge on any atom is 0.257 e. The number of hydrogen-bond acceptors (Lipinski definition) is 5. The van der Waals surface area contributed by atoms with Crippen molar-refractivity contribution in [2.24, 2.45) is 0 Å². The van der Waals surface area contributed by atoms with Gasteiger partial charge >= 0.3 is 0 Å². The molecule has 0 spiro atoms. The monoisotopic (exact) mass is 292 g/mol. The SMILES string of the molecule is CNc1ncc(C(=O)Nc2ccc(OC)nc2)cc1Cl. The molecule has 0 bridgehead atoms. The van der Waals surface area contributed by atoms with Gasteiger partial charge < -0.3 is 15.4 Å². The molecule has 2 aromatic heterocycles. The van der Waals surface area contributed by atoms with E-state index in [-0.39, 0.29) is 5.91 Å².